The smallest absolute Gasteiger partial charge is 0.412 e. The molecule has 1 aromatic heterocycles. The number of carbonyl (C=O) groups excluding carboxylic acids is 2. The van der Waals surface area contributed by atoms with E-state index in [-0.39, 0.29) is 16.9 Å². The SMILES string of the molecule is Cn1cc(C=CC(=O)Nc2ccc(F)c(NC(=O)OC(C)(C)C)c2)c(=O)n(C)c1=O. The van der Waals surface area contributed by atoms with Gasteiger partial charge in [0.2, 0.25) is 5.91 Å². The Hall–Kier alpha value is -3.69. The largest absolute Gasteiger partial charge is 0.444 e. The van der Waals surface area contributed by atoms with E-state index in [2.05, 4.69) is 10.6 Å². The fourth-order valence-corrected chi connectivity index (χ4v) is 2.41. The standard InChI is InChI=1S/C20H23FN4O5/c1-20(2,3)30-18(28)23-15-10-13(7-8-14(15)21)22-16(26)9-6-12-11-24(4)19(29)25(5)17(12)27/h6-11H,1-5H3,(H,22,26)(H,23,28). The molecule has 9 nitrogen and oxygen atoms in total. The molecule has 1 heterocycles. The van der Waals surface area contributed by atoms with Crippen LogP contribution >= 0.6 is 0 Å². The van der Waals surface area contributed by atoms with Crippen LogP contribution in [0.2, 0.25) is 0 Å². The first kappa shape index (κ1) is 22.6. The van der Waals surface area contributed by atoms with Crippen LogP contribution in [0.1, 0.15) is 26.3 Å². The van der Waals surface area contributed by atoms with Gasteiger partial charge in [-0.3, -0.25) is 19.5 Å². The molecule has 0 saturated heterocycles. The number of aryl methyl sites for hydroxylation is 1. The van der Waals surface area contributed by atoms with Crippen LogP contribution in [-0.4, -0.2) is 26.7 Å². The second-order valence-corrected chi connectivity index (χ2v) is 7.49. The molecule has 10 heteroatoms. The molecule has 2 amide bonds. The van der Waals surface area contributed by atoms with Crippen LogP contribution in [0.15, 0.2) is 40.1 Å². The van der Waals surface area contributed by atoms with Gasteiger partial charge in [0.25, 0.3) is 5.56 Å². The zero-order chi connectivity index (χ0) is 22.6. The average Bonchev–Trinajstić information content (AvgIpc) is 2.63. The Morgan fingerprint density at radius 2 is 1.80 bits per heavy atom. The maximum atomic E-state index is 14.0. The second-order valence-electron chi connectivity index (χ2n) is 7.49. The lowest BCUT2D eigenvalue weighted by atomic mass is 10.2. The summed E-state index contributed by atoms with van der Waals surface area (Å²) in [5, 5.41) is 4.78. The van der Waals surface area contributed by atoms with Crippen molar-refractivity contribution in [2.45, 2.75) is 26.4 Å². The van der Waals surface area contributed by atoms with Crippen molar-refractivity contribution in [3.8, 4) is 0 Å². The van der Waals surface area contributed by atoms with E-state index in [4.69, 9.17) is 4.74 Å². The summed E-state index contributed by atoms with van der Waals surface area (Å²) in [6.45, 7) is 5.01. The number of aromatic nitrogens is 2. The molecule has 2 aromatic rings. The summed E-state index contributed by atoms with van der Waals surface area (Å²) in [5.74, 6) is -1.30. The van der Waals surface area contributed by atoms with Crippen LogP contribution in [0.4, 0.5) is 20.6 Å². The van der Waals surface area contributed by atoms with Gasteiger partial charge in [-0.05, 0) is 45.0 Å². The van der Waals surface area contributed by atoms with Crippen molar-refractivity contribution in [2.24, 2.45) is 14.1 Å². The lowest BCUT2D eigenvalue weighted by Gasteiger charge is -2.20. The lowest BCUT2D eigenvalue weighted by Crippen LogP contribution is -2.37. The molecule has 0 atom stereocenters. The van der Waals surface area contributed by atoms with E-state index in [1.165, 1.54) is 43.1 Å². The van der Waals surface area contributed by atoms with Crippen LogP contribution in [0.3, 0.4) is 0 Å². The second kappa shape index (κ2) is 8.76. The quantitative estimate of drug-likeness (QED) is 0.740. The number of nitrogens with zero attached hydrogens (tertiary/aromatic N) is 2. The summed E-state index contributed by atoms with van der Waals surface area (Å²) in [5.41, 5.74) is -1.61. The Labute approximate surface area is 171 Å². The molecule has 0 unspecified atom stereocenters. The number of halogens is 1. The lowest BCUT2D eigenvalue weighted by molar-refractivity contribution is -0.111. The first-order valence-corrected chi connectivity index (χ1v) is 8.92. The monoisotopic (exact) mass is 418 g/mol. The minimum Gasteiger partial charge on any atom is -0.444 e. The molecule has 0 fully saturated rings. The normalized spacial score (nSPS) is 11.4. The van der Waals surface area contributed by atoms with Gasteiger partial charge in [-0.1, -0.05) is 0 Å². The van der Waals surface area contributed by atoms with Crippen LogP contribution in [0.5, 0.6) is 0 Å². The van der Waals surface area contributed by atoms with Gasteiger partial charge in [-0.2, -0.15) is 0 Å². The summed E-state index contributed by atoms with van der Waals surface area (Å²) in [6.07, 6.45) is 2.84. The fraction of sp³-hybridized carbons (Fsp3) is 0.300. The summed E-state index contributed by atoms with van der Waals surface area (Å²) in [6, 6.07) is 3.62. The van der Waals surface area contributed by atoms with Crippen LogP contribution in [0, 0.1) is 5.82 Å². The van der Waals surface area contributed by atoms with Crippen molar-refractivity contribution in [1.29, 1.82) is 0 Å². The van der Waals surface area contributed by atoms with Gasteiger partial charge in [0, 0.05) is 32.1 Å². The highest BCUT2D eigenvalue weighted by Gasteiger charge is 2.17. The van der Waals surface area contributed by atoms with Gasteiger partial charge in [-0.15, -0.1) is 0 Å². The number of hydrogen-bond acceptors (Lipinski definition) is 5. The third-order valence-electron chi connectivity index (χ3n) is 3.76. The fourth-order valence-electron chi connectivity index (χ4n) is 2.41. The van der Waals surface area contributed by atoms with Gasteiger partial charge in [-0.25, -0.2) is 14.0 Å². The molecular formula is C20H23FN4O5. The summed E-state index contributed by atoms with van der Waals surface area (Å²) >= 11 is 0. The van der Waals surface area contributed by atoms with Gasteiger partial charge >= 0.3 is 11.8 Å². The van der Waals surface area contributed by atoms with Crippen LogP contribution < -0.4 is 21.9 Å². The number of ether oxygens (including phenoxy) is 1. The molecule has 0 radical (unpaired) electrons. The van der Waals surface area contributed by atoms with Gasteiger partial charge in [0.15, 0.2) is 0 Å². The van der Waals surface area contributed by atoms with Gasteiger partial charge < -0.3 is 14.6 Å². The van der Waals surface area contributed by atoms with E-state index < -0.39 is 34.7 Å². The third-order valence-corrected chi connectivity index (χ3v) is 3.76. The van der Waals surface area contributed by atoms with E-state index in [1.54, 1.807) is 20.8 Å². The Morgan fingerprint density at radius 3 is 2.43 bits per heavy atom. The molecule has 160 valence electrons. The summed E-state index contributed by atoms with van der Waals surface area (Å²) in [7, 11) is 2.82. The zero-order valence-electron chi connectivity index (χ0n) is 17.3. The van der Waals surface area contributed by atoms with Crippen molar-refractivity contribution >= 4 is 29.5 Å². The van der Waals surface area contributed by atoms with E-state index >= 15 is 0 Å². The molecule has 0 aliphatic rings. The molecule has 0 bridgehead atoms. The molecule has 2 N–H and O–H groups in total. The minimum atomic E-state index is -0.838. The average molecular weight is 418 g/mol. The third kappa shape index (κ3) is 5.90. The topological polar surface area (TPSA) is 111 Å². The number of benzene rings is 1. The Kier molecular flexibility index (Phi) is 6.60. The number of carbonyl (C=O) groups is 2. The predicted molar refractivity (Wildman–Crippen MR) is 111 cm³/mol. The Bertz CT molecular complexity index is 1130. The molecular weight excluding hydrogens is 395 g/mol. The molecule has 0 saturated carbocycles. The zero-order valence-corrected chi connectivity index (χ0v) is 17.3. The molecule has 0 aliphatic carbocycles. The van der Waals surface area contributed by atoms with Crippen molar-refractivity contribution in [3.05, 3.63) is 62.7 Å². The number of rotatable bonds is 4. The van der Waals surface area contributed by atoms with Crippen molar-refractivity contribution < 1.29 is 18.7 Å². The maximum absolute atomic E-state index is 14.0. The predicted octanol–water partition coefficient (Wildman–Crippen LogP) is 2.22. The number of amides is 2. The van der Waals surface area contributed by atoms with E-state index in [1.807, 2.05) is 0 Å². The first-order chi connectivity index (χ1) is 13.9. The van der Waals surface area contributed by atoms with Crippen molar-refractivity contribution in [1.82, 2.24) is 9.13 Å². The number of hydrogen-bond donors (Lipinski definition) is 2. The van der Waals surface area contributed by atoms with Gasteiger partial charge in [0.1, 0.15) is 11.4 Å². The highest BCUT2D eigenvalue weighted by Crippen LogP contribution is 2.21. The number of anilines is 2. The highest BCUT2D eigenvalue weighted by molar-refractivity contribution is 6.02. The first-order valence-electron chi connectivity index (χ1n) is 8.92. The molecule has 0 aliphatic heterocycles. The molecule has 1 aromatic carbocycles. The van der Waals surface area contributed by atoms with Crippen molar-refractivity contribution in [2.75, 3.05) is 10.6 Å². The van der Waals surface area contributed by atoms with E-state index in [0.29, 0.717) is 0 Å². The highest BCUT2D eigenvalue weighted by atomic mass is 19.1. The summed E-state index contributed by atoms with van der Waals surface area (Å²) in [4.78, 5) is 47.7. The van der Waals surface area contributed by atoms with Crippen LogP contribution in [0.25, 0.3) is 6.08 Å². The van der Waals surface area contributed by atoms with Gasteiger partial charge in [0.05, 0.1) is 11.3 Å². The summed E-state index contributed by atoms with van der Waals surface area (Å²) < 4.78 is 21.2. The van der Waals surface area contributed by atoms with E-state index in [0.717, 1.165) is 16.7 Å². The molecule has 2 rings (SSSR count). The number of nitrogens with one attached hydrogen (secondary N) is 2. The minimum absolute atomic E-state index is 0.140. The van der Waals surface area contributed by atoms with Crippen molar-refractivity contribution in [3.63, 3.8) is 0 Å². The Balaban J connectivity index is 2.14. The Morgan fingerprint density at radius 1 is 1.13 bits per heavy atom. The molecule has 30 heavy (non-hydrogen) atoms. The van der Waals surface area contributed by atoms with Crippen LogP contribution in [-0.2, 0) is 23.6 Å². The molecule has 0 spiro atoms. The maximum Gasteiger partial charge on any atom is 0.412 e. The van der Waals surface area contributed by atoms with E-state index in [9.17, 15) is 23.6 Å².